The lowest BCUT2D eigenvalue weighted by Gasteiger charge is -2.75. The van der Waals surface area contributed by atoms with Crippen molar-refractivity contribution in [2.75, 3.05) is 0 Å². The summed E-state index contributed by atoms with van der Waals surface area (Å²) in [4.78, 5) is 0. The lowest BCUT2D eigenvalue weighted by Crippen LogP contribution is -2.72. The van der Waals surface area contributed by atoms with Gasteiger partial charge in [0, 0.05) is 5.41 Å². The van der Waals surface area contributed by atoms with E-state index in [1.165, 1.54) is 347 Å². The van der Waals surface area contributed by atoms with Gasteiger partial charge in [-0.3, -0.25) is 0 Å². The highest BCUT2D eigenvalue weighted by molar-refractivity contribution is 5.44. The highest BCUT2D eigenvalue weighted by Crippen LogP contribution is 2.77. The van der Waals surface area contributed by atoms with E-state index in [0.29, 0.717) is 82.9 Å². The van der Waals surface area contributed by atoms with Crippen LogP contribution in [0.15, 0.2) is 121 Å². The van der Waals surface area contributed by atoms with Gasteiger partial charge in [0.1, 0.15) is 0 Å². The van der Waals surface area contributed by atoms with Crippen LogP contribution in [0.4, 0.5) is 0 Å². The van der Waals surface area contributed by atoms with Crippen LogP contribution >= 0.6 is 0 Å². The van der Waals surface area contributed by atoms with Gasteiger partial charge in [0.05, 0.1) is 0 Å². The van der Waals surface area contributed by atoms with Gasteiger partial charge in [0.2, 0.25) is 0 Å². The molecule has 0 bridgehead atoms. The van der Waals surface area contributed by atoms with Crippen LogP contribution < -0.4 is 0 Å². The Morgan fingerprint density at radius 2 is 0.500 bits per heavy atom. The number of benzene rings is 5. The predicted octanol–water partition coefficient (Wildman–Crippen LogP) is 35.8. The minimum Gasteiger partial charge on any atom is -0.0654 e. The number of hydrogen-bond donors (Lipinski definition) is 0. The molecule has 0 nitrogen and oxygen atoms in total. The van der Waals surface area contributed by atoms with Crippen LogP contribution in [-0.4, -0.2) is 0 Å². The first-order chi connectivity index (χ1) is 58.9. The SMILES string of the molecule is CCCCCC1CC(C(C(Cc2ccc(C3CCC(CCC)CC3)cc2)C2CC(C)C2)(C(Cc2ccc(C3CCC(CCC)CC3)cc2)C2CC(CC)C2)C(c2ccc(C3CCC(CCC)CC3)cc2)(C(Cc2ccc(C3CCC(CCC)CC3)cc2)C2CC(CCC)C2)C(Cc2ccc(C3CCC(CCC)CC3)cc2)C2CC(CCCC)C2)C1. The van der Waals surface area contributed by atoms with Crippen molar-refractivity contribution in [2.45, 2.75) is 451 Å². The summed E-state index contributed by atoms with van der Waals surface area (Å²) in [7, 11) is 0. The van der Waals surface area contributed by atoms with Crippen LogP contribution in [0.2, 0.25) is 0 Å². The zero-order chi connectivity index (χ0) is 83.0. The van der Waals surface area contributed by atoms with Gasteiger partial charge >= 0.3 is 0 Å². The minimum atomic E-state index is -0.141. The quantitative estimate of drug-likeness (QED) is 0.0341. The van der Waals surface area contributed by atoms with Gasteiger partial charge in [-0.25, -0.2) is 0 Å². The van der Waals surface area contributed by atoms with Crippen molar-refractivity contribution in [3.63, 3.8) is 0 Å². The highest BCUT2D eigenvalue weighted by atomic mass is 14.8. The Morgan fingerprint density at radius 1 is 0.242 bits per heavy atom. The molecular weight excluding hydrogens is 1440 g/mol. The molecule has 0 heteroatoms. The molecule has 0 aromatic heterocycles. The average Bonchev–Trinajstić information content (AvgIpc) is 0.661. The third kappa shape index (κ3) is 21.2. The van der Waals surface area contributed by atoms with E-state index in [9.17, 15) is 0 Å². The molecule has 5 aromatic carbocycles. The van der Waals surface area contributed by atoms with Crippen molar-refractivity contribution in [2.24, 2.45) is 118 Å². The van der Waals surface area contributed by atoms with Crippen molar-refractivity contribution < 1.29 is 0 Å². The molecule has 0 spiro atoms. The maximum absolute atomic E-state index is 3.12. The summed E-state index contributed by atoms with van der Waals surface area (Å²) in [5.41, 5.74) is 17.0. The standard InChI is InChI=1S/C120H182/c1-11-20-22-30-98-79-114(80-98)120(115(109-71-85(10)72-109)81-92-41-59-104(60-42-92)99-49-31-87(23-13-3)32-50-99,118(110-73-86(19-9)74-110)84-95-47-65-107(66-48-95)102-55-37-90(26-16-6)38-56-102)119(113-69-67-108(68-70-113)103-57-39-91(27-17-7)40-58-103,116(111-75-96(76-111)28-18-8)82-93-43-61-105(62-44-93)100-51-33-88(24-14-4)34-52-100)117(112-77-97(78-112)29-21-12-2)83-94-45-63-106(64-46-94)101-53-35-89(25-15-5)36-54-101/h41-48,59-70,85-91,96-103,109-112,114-118H,11-40,49-58,71-84H2,1-10H3. The zero-order valence-corrected chi connectivity index (χ0v) is 79.6. The summed E-state index contributed by atoms with van der Waals surface area (Å²) in [5, 5.41) is 0. The molecule has 10 saturated carbocycles. The van der Waals surface area contributed by atoms with Crippen molar-refractivity contribution in [1.29, 1.82) is 0 Å². The van der Waals surface area contributed by atoms with E-state index in [-0.39, 0.29) is 10.8 Å². The Bertz CT molecular complexity index is 3680. The van der Waals surface area contributed by atoms with E-state index in [1.807, 2.05) is 5.56 Å². The van der Waals surface area contributed by atoms with Crippen LogP contribution in [0.5, 0.6) is 0 Å². The smallest absolute Gasteiger partial charge is 0.00857 e. The Morgan fingerprint density at radius 3 is 0.800 bits per heavy atom. The summed E-state index contributed by atoms with van der Waals surface area (Å²) < 4.78 is 0. The maximum atomic E-state index is 3.12. The van der Waals surface area contributed by atoms with Crippen LogP contribution in [0.25, 0.3) is 0 Å². The Balaban J connectivity index is 1.02. The summed E-state index contributed by atoms with van der Waals surface area (Å²) in [6.07, 6.45) is 75.1. The summed E-state index contributed by atoms with van der Waals surface area (Å²) >= 11 is 0. The average molecular weight is 1620 g/mol. The van der Waals surface area contributed by atoms with Gasteiger partial charge in [0.25, 0.3) is 0 Å². The molecule has 0 aliphatic heterocycles. The van der Waals surface area contributed by atoms with Crippen molar-refractivity contribution in [1.82, 2.24) is 0 Å². The second-order valence-corrected chi connectivity index (χ2v) is 45.7. The molecule has 15 rings (SSSR count). The molecule has 10 fully saturated rings. The van der Waals surface area contributed by atoms with Gasteiger partial charge in [-0.05, 0) is 421 Å². The Labute approximate surface area is 740 Å². The molecule has 0 amide bonds. The third-order valence-electron chi connectivity index (χ3n) is 38.2. The Hall–Kier alpha value is -3.90. The second kappa shape index (κ2) is 44.2. The van der Waals surface area contributed by atoms with Gasteiger partial charge in [-0.1, -0.05) is 319 Å². The van der Waals surface area contributed by atoms with Crippen LogP contribution in [0.3, 0.4) is 0 Å². The molecular formula is C120H182. The van der Waals surface area contributed by atoms with E-state index in [0.717, 1.165) is 59.2 Å². The maximum Gasteiger partial charge on any atom is 0.00857 e. The fourth-order valence-electron chi connectivity index (χ4n) is 31.4. The number of unbranched alkanes of at least 4 members (excludes halogenated alkanes) is 3. The molecule has 10 aliphatic carbocycles. The van der Waals surface area contributed by atoms with Crippen molar-refractivity contribution >= 4 is 0 Å². The molecule has 0 radical (unpaired) electrons. The van der Waals surface area contributed by atoms with Gasteiger partial charge in [0.15, 0.2) is 0 Å². The topological polar surface area (TPSA) is 0 Å². The molecule has 6 atom stereocenters. The fourth-order valence-corrected chi connectivity index (χ4v) is 31.4. The van der Waals surface area contributed by atoms with Crippen molar-refractivity contribution in [3.05, 3.63) is 177 Å². The third-order valence-corrected chi connectivity index (χ3v) is 38.2. The molecule has 662 valence electrons. The molecule has 6 unspecified atom stereocenters. The predicted molar refractivity (Wildman–Crippen MR) is 519 cm³/mol. The summed E-state index contributed by atoms with van der Waals surface area (Å²) in [6, 6.07) is 57.2. The lowest BCUT2D eigenvalue weighted by atomic mass is 9.29. The molecule has 120 heavy (non-hydrogen) atoms. The Kier molecular flexibility index (Phi) is 33.5. The lowest BCUT2D eigenvalue weighted by molar-refractivity contribution is -0.228. The zero-order valence-electron chi connectivity index (χ0n) is 79.6. The number of hydrogen-bond acceptors (Lipinski definition) is 0. The molecule has 0 heterocycles. The van der Waals surface area contributed by atoms with E-state index in [2.05, 4.69) is 191 Å². The van der Waals surface area contributed by atoms with Gasteiger partial charge in [-0.2, -0.15) is 0 Å². The molecule has 10 aliphatic rings. The van der Waals surface area contributed by atoms with Crippen molar-refractivity contribution in [3.8, 4) is 0 Å². The van der Waals surface area contributed by atoms with Gasteiger partial charge in [-0.15, -0.1) is 0 Å². The fraction of sp³-hybridized carbons (Fsp3) is 0.750. The largest absolute Gasteiger partial charge is 0.0654 e. The minimum absolute atomic E-state index is 0.0113. The first kappa shape index (κ1) is 90.9. The van der Waals surface area contributed by atoms with Crippen LogP contribution in [0.1, 0.15) is 476 Å². The van der Waals surface area contributed by atoms with E-state index < -0.39 is 0 Å². The molecule has 5 aromatic rings. The van der Waals surface area contributed by atoms with E-state index in [1.54, 1.807) is 50.1 Å². The van der Waals surface area contributed by atoms with Crippen LogP contribution in [-0.2, 0) is 31.1 Å². The van der Waals surface area contributed by atoms with E-state index in [4.69, 9.17) is 0 Å². The summed E-state index contributed by atoms with van der Waals surface area (Å²) in [6.45, 7) is 25.1. The second-order valence-electron chi connectivity index (χ2n) is 45.7. The monoisotopic (exact) mass is 1620 g/mol. The normalized spacial score (nSPS) is 32.9. The highest BCUT2D eigenvalue weighted by Gasteiger charge is 2.74. The molecule has 0 N–H and O–H groups in total. The van der Waals surface area contributed by atoms with Gasteiger partial charge < -0.3 is 0 Å². The van der Waals surface area contributed by atoms with Crippen LogP contribution in [0, 0.1) is 118 Å². The number of rotatable bonds is 44. The first-order valence-electron chi connectivity index (χ1n) is 54.3. The molecule has 0 saturated heterocycles. The van der Waals surface area contributed by atoms with E-state index >= 15 is 0 Å². The summed E-state index contributed by atoms with van der Waals surface area (Å²) in [5.74, 6) is 17.8. The first-order valence-corrected chi connectivity index (χ1v) is 54.3.